The van der Waals surface area contributed by atoms with E-state index in [0.717, 1.165) is 15.6 Å². The first-order valence-corrected chi connectivity index (χ1v) is 6.35. The number of benzene rings is 1. The van der Waals surface area contributed by atoms with Crippen LogP contribution < -0.4 is 0 Å². The lowest BCUT2D eigenvalue weighted by Gasteiger charge is -2.08. The molecule has 94 valence electrons. The molecular weight excluding hydrogens is 296 g/mol. The number of carboxylic acid groups (broad SMARTS) is 1. The van der Waals surface area contributed by atoms with Gasteiger partial charge in [-0.1, -0.05) is 24.3 Å². The lowest BCUT2D eigenvalue weighted by molar-refractivity contribution is -0.138. The van der Waals surface area contributed by atoms with Gasteiger partial charge < -0.3 is 5.11 Å². The smallest absolute Gasteiger partial charge is 0.310 e. The number of hydrogen-bond acceptors (Lipinski definition) is 2. The van der Waals surface area contributed by atoms with Crippen LogP contribution in [0.15, 0.2) is 41.1 Å². The number of rotatable bonds is 4. The summed E-state index contributed by atoms with van der Waals surface area (Å²) in [6.07, 6.45) is 3.63. The van der Waals surface area contributed by atoms with E-state index in [9.17, 15) is 4.79 Å². The third kappa shape index (κ3) is 2.98. The van der Waals surface area contributed by atoms with Crippen molar-refractivity contribution in [3.63, 3.8) is 0 Å². The number of carbonyl (C=O) groups is 1. The summed E-state index contributed by atoms with van der Waals surface area (Å²) >= 11 is 3.34. The summed E-state index contributed by atoms with van der Waals surface area (Å²) in [7, 11) is 0. The van der Waals surface area contributed by atoms with Crippen LogP contribution in [0.3, 0.4) is 0 Å². The Bertz CT molecular complexity index is 548. The molecule has 0 bridgehead atoms. The summed E-state index contributed by atoms with van der Waals surface area (Å²) in [5.74, 6) is -1.28. The Hall–Kier alpha value is -1.62. The molecule has 0 amide bonds. The zero-order valence-electron chi connectivity index (χ0n) is 9.88. The summed E-state index contributed by atoms with van der Waals surface area (Å²) < 4.78 is 2.76. The van der Waals surface area contributed by atoms with Crippen molar-refractivity contribution in [3.8, 4) is 0 Å². The summed E-state index contributed by atoms with van der Waals surface area (Å²) in [4.78, 5) is 10.9. The van der Waals surface area contributed by atoms with Crippen LogP contribution in [-0.2, 0) is 11.3 Å². The highest BCUT2D eigenvalue weighted by Crippen LogP contribution is 2.16. The molecule has 1 heterocycles. The molecule has 2 aromatic rings. The molecule has 4 nitrogen and oxygen atoms in total. The first kappa shape index (κ1) is 12.8. The molecule has 1 unspecified atom stereocenters. The molecule has 1 aromatic carbocycles. The van der Waals surface area contributed by atoms with Crippen LogP contribution in [-0.4, -0.2) is 20.9 Å². The Morgan fingerprint density at radius 3 is 2.61 bits per heavy atom. The number of aromatic nitrogens is 2. The summed E-state index contributed by atoms with van der Waals surface area (Å²) in [6.45, 7) is 2.36. The molecular formula is C13H13BrN2O2. The third-order valence-electron chi connectivity index (χ3n) is 2.80. The van der Waals surface area contributed by atoms with Crippen molar-refractivity contribution < 1.29 is 9.90 Å². The van der Waals surface area contributed by atoms with Gasteiger partial charge in [-0.15, -0.1) is 0 Å². The molecule has 0 saturated heterocycles. The van der Waals surface area contributed by atoms with Crippen LogP contribution in [0.5, 0.6) is 0 Å². The van der Waals surface area contributed by atoms with E-state index >= 15 is 0 Å². The molecule has 1 atom stereocenters. The number of hydrogen-bond donors (Lipinski definition) is 1. The van der Waals surface area contributed by atoms with E-state index in [1.165, 1.54) is 0 Å². The van der Waals surface area contributed by atoms with E-state index in [4.69, 9.17) is 5.11 Å². The topological polar surface area (TPSA) is 55.1 Å². The molecule has 0 aliphatic heterocycles. The van der Waals surface area contributed by atoms with Crippen molar-refractivity contribution in [2.75, 3.05) is 0 Å². The molecule has 0 aliphatic rings. The number of nitrogens with zero attached hydrogens (tertiary/aromatic N) is 2. The predicted octanol–water partition coefficient (Wildman–Crippen LogP) is 2.88. The molecule has 18 heavy (non-hydrogen) atoms. The third-order valence-corrected chi connectivity index (χ3v) is 3.21. The molecule has 0 spiro atoms. The van der Waals surface area contributed by atoms with Crippen molar-refractivity contribution in [3.05, 3.63) is 52.3 Å². The molecule has 2 rings (SSSR count). The SMILES string of the molecule is CC(C(=O)O)c1ccc(Cn2cc(Br)cn2)cc1. The van der Waals surface area contributed by atoms with Crippen LogP contribution in [0.2, 0.25) is 0 Å². The van der Waals surface area contributed by atoms with E-state index in [2.05, 4.69) is 21.0 Å². The zero-order valence-corrected chi connectivity index (χ0v) is 11.5. The molecule has 1 aromatic heterocycles. The molecule has 1 N–H and O–H groups in total. The fourth-order valence-corrected chi connectivity index (χ4v) is 1.99. The Labute approximate surface area is 113 Å². The predicted molar refractivity (Wildman–Crippen MR) is 71.5 cm³/mol. The second-order valence-corrected chi connectivity index (χ2v) is 5.07. The fourth-order valence-electron chi connectivity index (χ4n) is 1.67. The van der Waals surface area contributed by atoms with Gasteiger partial charge in [0.15, 0.2) is 0 Å². The van der Waals surface area contributed by atoms with Gasteiger partial charge in [0.25, 0.3) is 0 Å². The normalized spacial score (nSPS) is 12.3. The molecule has 0 aliphatic carbocycles. The van der Waals surface area contributed by atoms with Gasteiger partial charge in [0, 0.05) is 6.20 Å². The Kier molecular flexibility index (Phi) is 3.81. The minimum atomic E-state index is -0.807. The van der Waals surface area contributed by atoms with Crippen LogP contribution in [0.1, 0.15) is 24.0 Å². The molecule has 0 fully saturated rings. The Morgan fingerprint density at radius 2 is 2.11 bits per heavy atom. The van der Waals surface area contributed by atoms with Crippen LogP contribution in [0.25, 0.3) is 0 Å². The standard InChI is InChI=1S/C13H13BrN2O2/c1-9(13(17)18)11-4-2-10(3-5-11)7-16-8-12(14)6-15-16/h2-6,8-9H,7H2,1H3,(H,17,18). The van der Waals surface area contributed by atoms with E-state index in [1.54, 1.807) is 13.1 Å². The average Bonchev–Trinajstić information content (AvgIpc) is 2.75. The summed E-state index contributed by atoms with van der Waals surface area (Å²) in [5.41, 5.74) is 1.90. The Morgan fingerprint density at radius 1 is 1.44 bits per heavy atom. The average molecular weight is 309 g/mol. The second-order valence-electron chi connectivity index (χ2n) is 4.16. The minimum absolute atomic E-state index is 0.474. The van der Waals surface area contributed by atoms with Gasteiger partial charge in [-0.25, -0.2) is 0 Å². The highest BCUT2D eigenvalue weighted by Gasteiger charge is 2.12. The fraction of sp³-hybridized carbons (Fsp3) is 0.231. The van der Waals surface area contributed by atoms with E-state index in [1.807, 2.05) is 35.1 Å². The van der Waals surface area contributed by atoms with E-state index < -0.39 is 11.9 Å². The monoisotopic (exact) mass is 308 g/mol. The molecule has 5 heteroatoms. The molecule has 0 radical (unpaired) electrons. The van der Waals surface area contributed by atoms with Crippen LogP contribution in [0, 0.1) is 0 Å². The van der Waals surface area contributed by atoms with Crippen molar-refractivity contribution in [2.24, 2.45) is 0 Å². The maximum Gasteiger partial charge on any atom is 0.310 e. The van der Waals surface area contributed by atoms with E-state index in [0.29, 0.717) is 6.54 Å². The Balaban J connectivity index is 2.10. The quantitative estimate of drug-likeness (QED) is 0.945. The van der Waals surface area contributed by atoms with Crippen molar-refractivity contribution >= 4 is 21.9 Å². The van der Waals surface area contributed by atoms with Gasteiger partial charge in [0.2, 0.25) is 0 Å². The number of halogens is 1. The second kappa shape index (κ2) is 5.35. The maximum atomic E-state index is 10.9. The van der Waals surface area contributed by atoms with Crippen molar-refractivity contribution in [1.29, 1.82) is 0 Å². The maximum absolute atomic E-state index is 10.9. The van der Waals surface area contributed by atoms with Crippen molar-refractivity contribution in [1.82, 2.24) is 9.78 Å². The summed E-state index contributed by atoms with van der Waals surface area (Å²) in [6, 6.07) is 7.58. The van der Waals surface area contributed by atoms with E-state index in [-0.39, 0.29) is 0 Å². The highest BCUT2D eigenvalue weighted by molar-refractivity contribution is 9.10. The minimum Gasteiger partial charge on any atom is -0.481 e. The van der Waals surface area contributed by atoms with Gasteiger partial charge >= 0.3 is 5.97 Å². The first-order chi connectivity index (χ1) is 8.56. The number of carboxylic acids is 1. The summed E-state index contributed by atoms with van der Waals surface area (Å²) in [5, 5.41) is 13.1. The van der Waals surface area contributed by atoms with Crippen LogP contribution in [0.4, 0.5) is 0 Å². The molecule has 0 saturated carbocycles. The van der Waals surface area contributed by atoms with Gasteiger partial charge in [0.05, 0.1) is 23.1 Å². The number of aliphatic carboxylic acids is 1. The lowest BCUT2D eigenvalue weighted by Crippen LogP contribution is -2.07. The van der Waals surface area contributed by atoms with Crippen LogP contribution >= 0.6 is 15.9 Å². The zero-order chi connectivity index (χ0) is 13.1. The van der Waals surface area contributed by atoms with Gasteiger partial charge in [-0.3, -0.25) is 9.48 Å². The van der Waals surface area contributed by atoms with Gasteiger partial charge in [-0.2, -0.15) is 5.10 Å². The van der Waals surface area contributed by atoms with Gasteiger partial charge in [0.1, 0.15) is 0 Å². The largest absolute Gasteiger partial charge is 0.481 e. The lowest BCUT2D eigenvalue weighted by atomic mass is 10.0. The van der Waals surface area contributed by atoms with Gasteiger partial charge in [-0.05, 0) is 34.0 Å². The highest BCUT2D eigenvalue weighted by atomic mass is 79.9. The first-order valence-electron chi connectivity index (χ1n) is 5.56. The van der Waals surface area contributed by atoms with Crippen molar-refractivity contribution in [2.45, 2.75) is 19.4 Å².